The summed E-state index contributed by atoms with van der Waals surface area (Å²) in [5.41, 5.74) is 0. The van der Waals surface area contributed by atoms with Gasteiger partial charge in [-0.15, -0.1) is 5.10 Å². The monoisotopic (exact) mass is 240 g/mol. The molecule has 1 atom stereocenters. The normalized spacial score (nSPS) is 13.1. The van der Waals surface area contributed by atoms with Gasteiger partial charge in [0.15, 0.2) is 0 Å². The van der Waals surface area contributed by atoms with Crippen LogP contribution in [0.25, 0.3) is 0 Å². The molecule has 0 bridgehead atoms. The van der Waals surface area contributed by atoms with Crippen LogP contribution in [-0.4, -0.2) is 38.8 Å². The Hall–Kier alpha value is -1.43. The highest BCUT2D eigenvalue weighted by molar-refractivity contribution is 5.90. The molecule has 1 rings (SSSR count). The first-order chi connectivity index (χ1) is 7.91. The van der Waals surface area contributed by atoms with Crippen LogP contribution in [0.4, 0.5) is 0 Å². The predicted octanol–water partition coefficient (Wildman–Crippen LogP) is 0.675. The van der Waals surface area contributed by atoms with Gasteiger partial charge in [0.1, 0.15) is 5.82 Å². The molecule has 0 saturated heterocycles. The number of aliphatic hydroxyl groups is 1. The van der Waals surface area contributed by atoms with E-state index in [1.54, 1.807) is 0 Å². The Morgan fingerprint density at radius 2 is 2.06 bits per heavy atom. The number of nitrogens with one attached hydrogen (secondary N) is 2. The predicted molar refractivity (Wildman–Crippen MR) is 63.6 cm³/mol. The third-order valence-electron chi connectivity index (χ3n) is 2.49. The number of aromatic nitrogens is 3. The van der Waals surface area contributed by atoms with E-state index in [0.29, 0.717) is 5.82 Å². The summed E-state index contributed by atoms with van der Waals surface area (Å²) in [6.45, 7) is 7.92. The summed E-state index contributed by atoms with van der Waals surface area (Å²) in [7, 11) is 0. The maximum Gasteiger partial charge on any atom is 0.291 e. The van der Waals surface area contributed by atoms with Crippen molar-refractivity contribution in [1.82, 2.24) is 20.5 Å². The number of carbonyl (C=O) groups is 1. The zero-order valence-electron chi connectivity index (χ0n) is 10.7. The molecule has 0 fully saturated rings. The fraction of sp³-hybridized carbons (Fsp3) is 0.727. The lowest BCUT2D eigenvalue weighted by atomic mass is 10.1. The van der Waals surface area contributed by atoms with Crippen molar-refractivity contribution in [1.29, 1.82) is 0 Å². The molecule has 1 amide bonds. The maximum absolute atomic E-state index is 11.6. The molecule has 0 radical (unpaired) electrons. The topological polar surface area (TPSA) is 90.9 Å². The molecule has 0 aromatic carbocycles. The number of aliphatic hydroxyl groups excluding tert-OH is 1. The Morgan fingerprint density at radius 1 is 1.41 bits per heavy atom. The molecule has 6 nitrogen and oxygen atoms in total. The molecule has 1 aromatic rings. The van der Waals surface area contributed by atoms with Crippen molar-refractivity contribution in [2.75, 3.05) is 6.54 Å². The van der Waals surface area contributed by atoms with Crippen molar-refractivity contribution < 1.29 is 9.90 Å². The summed E-state index contributed by atoms with van der Waals surface area (Å²) < 4.78 is 0. The Bertz CT molecular complexity index is 373. The number of nitrogens with zero attached hydrogens (tertiary/aromatic N) is 2. The number of hydrogen-bond acceptors (Lipinski definition) is 4. The second-order valence-corrected chi connectivity index (χ2v) is 4.72. The molecular weight excluding hydrogens is 220 g/mol. The summed E-state index contributed by atoms with van der Waals surface area (Å²) >= 11 is 0. The SMILES string of the molecule is CC(C)c1nc(C(=O)NCC(O)C(C)C)n[nH]1. The van der Waals surface area contributed by atoms with Crippen molar-refractivity contribution in [2.45, 2.75) is 39.7 Å². The lowest BCUT2D eigenvalue weighted by Gasteiger charge is -2.14. The van der Waals surface area contributed by atoms with Crippen molar-refractivity contribution in [2.24, 2.45) is 5.92 Å². The summed E-state index contributed by atoms with van der Waals surface area (Å²) in [5, 5.41) is 18.7. The summed E-state index contributed by atoms with van der Waals surface area (Å²) in [5.74, 6) is 0.732. The molecule has 0 aliphatic rings. The lowest BCUT2D eigenvalue weighted by Crippen LogP contribution is -2.35. The van der Waals surface area contributed by atoms with Gasteiger partial charge in [-0.3, -0.25) is 9.89 Å². The first-order valence-corrected chi connectivity index (χ1v) is 5.80. The van der Waals surface area contributed by atoms with Crippen molar-refractivity contribution in [3.8, 4) is 0 Å². The van der Waals surface area contributed by atoms with Crippen molar-refractivity contribution in [3.05, 3.63) is 11.6 Å². The molecule has 0 spiro atoms. The summed E-state index contributed by atoms with van der Waals surface area (Å²) in [6, 6.07) is 0. The fourth-order valence-electron chi connectivity index (χ4n) is 1.15. The van der Waals surface area contributed by atoms with E-state index in [0.717, 1.165) is 0 Å². The van der Waals surface area contributed by atoms with E-state index in [9.17, 15) is 9.90 Å². The molecule has 0 saturated carbocycles. The third kappa shape index (κ3) is 3.81. The van der Waals surface area contributed by atoms with Gasteiger partial charge in [-0.2, -0.15) is 0 Å². The van der Waals surface area contributed by atoms with Crippen LogP contribution in [0, 0.1) is 5.92 Å². The third-order valence-corrected chi connectivity index (χ3v) is 2.49. The minimum absolute atomic E-state index is 0.105. The van der Waals surface area contributed by atoms with Crippen LogP contribution < -0.4 is 5.32 Å². The Kier molecular flexibility index (Phi) is 4.62. The standard InChI is InChI=1S/C11H20N4O2/c1-6(2)8(16)5-12-11(17)10-13-9(7(3)4)14-15-10/h6-8,16H,5H2,1-4H3,(H,12,17)(H,13,14,15). The number of rotatable bonds is 5. The lowest BCUT2D eigenvalue weighted by molar-refractivity contribution is 0.0862. The highest BCUT2D eigenvalue weighted by atomic mass is 16.3. The molecule has 0 aliphatic heterocycles. The average molecular weight is 240 g/mol. The van der Waals surface area contributed by atoms with Crippen LogP contribution >= 0.6 is 0 Å². The quantitative estimate of drug-likeness (QED) is 0.705. The second kappa shape index (κ2) is 5.77. The van der Waals surface area contributed by atoms with Gasteiger partial charge in [-0.25, -0.2) is 4.98 Å². The van der Waals surface area contributed by atoms with Crippen LogP contribution in [0.3, 0.4) is 0 Å². The van der Waals surface area contributed by atoms with Gasteiger partial charge in [0.2, 0.25) is 5.82 Å². The van der Waals surface area contributed by atoms with E-state index in [1.165, 1.54) is 0 Å². The summed E-state index contributed by atoms with van der Waals surface area (Å²) in [6.07, 6.45) is -0.553. The number of aromatic amines is 1. The fourth-order valence-corrected chi connectivity index (χ4v) is 1.15. The molecule has 1 aromatic heterocycles. The Labute approximate surface area is 101 Å². The highest BCUT2D eigenvalue weighted by Gasteiger charge is 2.16. The van der Waals surface area contributed by atoms with Crippen LogP contribution in [0.2, 0.25) is 0 Å². The highest BCUT2D eigenvalue weighted by Crippen LogP contribution is 2.07. The van der Waals surface area contributed by atoms with E-state index in [4.69, 9.17) is 0 Å². The number of H-pyrrole nitrogens is 1. The molecule has 1 unspecified atom stereocenters. The van der Waals surface area contributed by atoms with Gasteiger partial charge in [-0.05, 0) is 5.92 Å². The minimum Gasteiger partial charge on any atom is -0.391 e. The van der Waals surface area contributed by atoms with Gasteiger partial charge < -0.3 is 10.4 Å². The van der Waals surface area contributed by atoms with Crippen LogP contribution in [0.5, 0.6) is 0 Å². The zero-order valence-corrected chi connectivity index (χ0v) is 10.7. The molecule has 17 heavy (non-hydrogen) atoms. The van der Waals surface area contributed by atoms with Gasteiger partial charge in [0.25, 0.3) is 5.91 Å². The Morgan fingerprint density at radius 3 is 2.53 bits per heavy atom. The van der Waals surface area contributed by atoms with Gasteiger partial charge >= 0.3 is 0 Å². The average Bonchev–Trinajstić information content (AvgIpc) is 2.74. The van der Waals surface area contributed by atoms with Gasteiger partial charge in [0.05, 0.1) is 6.10 Å². The van der Waals surface area contributed by atoms with E-state index in [2.05, 4.69) is 20.5 Å². The molecule has 6 heteroatoms. The molecule has 0 aliphatic carbocycles. The van der Waals surface area contributed by atoms with Crippen LogP contribution in [0.15, 0.2) is 0 Å². The molecular formula is C11H20N4O2. The van der Waals surface area contributed by atoms with E-state index >= 15 is 0 Å². The molecule has 3 N–H and O–H groups in total. The molecule has 96 valence electrons. The number of amides is 1. The van der Waals surface area contributed by atoms with Crippen LogP contribution in [0.1, 0.15) is 50.1 Å². The van der Waals surface area contributed by atoms with Crippen molar-refractivity contribution in [3.63, 3.8) is 0 Å². The Balaban J connectivity index is 2.52. The number of hydrogen-bond donors (Lipinski definition) is 3. The first-order valence-electron chi connectivity index (χ1n) is 5.80. The van der Waals surface area contributed by atoms with Crippen molar-refractivity contribution >= 4 is 5.91 Å². The van der Waals surface area contributed by atoms with E-state index in [1.807, 2.05) is 27.7 Å². The van der Waals surface area contributed by atoms with E-state index in [-0.39, 0.29) is 30.1 Å². The van der Waals surface area contributed by atoms with Gasteiger partial charge in [0, 0.05) is 12.5 Å². The smallest absolute Gasteiger partial charge is 0.291 e. The summed E-state index contributed by atoms with van der Waals surface area (Å²) in [4.78, 5) is 15.7. The second-order valence-electron chi connectivity index (χ2n) is 4.72. The largest absolute Gasteiger partial charge is 0.391 e. The number of carbonyl (C=O) groups excluding carboxylic acids is 1. The zero-order chi connectivity index (χ0) is 13.0. The van der Waals surface area contributed by atoms with Crippen LogP contribution in [-0.2, 0) is 0 Å². The minimum atomic E-state index is -0.553. The van der Waals surface area contributed by atoms with E-state index < -0.39 is 6.10 Å². The molecule has 1 heterocycles. The van der Waals surface area contributed by atoms with Gasteiger partial charge in [-0.1, -0.05) is 27.7 Å². The first kappa shape index (κ1) is 13.6. The maximum atomic E-state index is 11.6.